The Bertz CT molecular complexity index is 531. The predicted molar refractivity (Wildman–Crippen MR) is 75.3 cm³/mol. The highest BCUT2D eigenvalue weighted by molar-refractivity contribution is 9.10. The summed E-state index contributed by atoms with van der Waals surface area (Å²) in [5, 5.41) is 7.90. The van der Waals surface area contributed by atoms with E-state index in [2.05, 4.69) is 50.7 Å². The SMILES string of the molecule is Brc1cccc(Cn2cc(CNC3CC3)cn2)c1. The van der Waals surface area contributed by atoms with Crippen molar-refractivity contribution in [2.75, 3.05) is 0 Å². The Kier molecular flexibility index (Phi) is 3.48. The number of hydrogen-bond donors (Lipinski definition) is 1. The molecule has 0 amide bonds. The second kappa shape index (κ2) is 5.24. The number of nitrogens with one attached hydrogen (secondary N) is 1. The summed E-state index contributed by atoms with van der Waals surface area (Å²) in [4.78, 5) is 0. The van der Waals surface area contributed by atoms with Gasteiger partial charge in [-0.15, -0.1) is 0 Å². The number of nitrogens with zero attached hydrogens (tertiary/aromatic N) is 2. The topological polar surface area (TPSA) is 29.9 Å². The average Bonchev–Trinajstić information content (AvgIpc) is 3.08. The van der Waals surface area contributed by atoms with Crippen LogP contribution < -0.4 is 5.32 Å². The molecule has 0 spiro atoms. The second-order valence-electron chi connectivity index (χ2n) is 4.83. The quantitative estimate of drug-likeness (QED) is 0.920. The molecular weight excluding hydrogens is 290 g/mol. The molecule has 1 aromatic carbocycles. The molecule has 0 radical (unpaired) electrons. The van der Waals surface area contributed by atoms with Crippen LogP contribution in [0.2, 0.25) is 0 Å². The highest BCUT2D eigenvalue weighted by Crippen LogP contribution is 2.19. The van der Waals surface area contributed by atoms with Crippen molar-refractivity contribution in [3.63, 3.8) is 0 Å². The van der Waals surface area contributed by atoms with Gasteiger partial charge in [0.1, 0.15) is 0 Å². The monoisotopic (exact) mass is 305 g/mol. The number of rotatable bonds is 5. The van der Waals surface area contributed by atoms with Crippen molar-refractivity contribution in [2.24, 2.45) is 0 Å². The molecule has 1 fully saturated rings. The zero-order valence-electron chi connectivity index (χ0n) is 10.1. The second-order valence-corrected chi connectivity index (χ2v) is 5.75. The van der Waals surface area contributed by atoms with Gasteiger partial charge in [-0.3, -0.25) is 4.68 Å². The fourth-order valence-corrected chi connectivity index (χ4v) is 2.40. The maximum Gasteiger partial charge on any atom is 0.0659 e. The third-order valence-corrected chi connectivity index (χ3v) is 3.59. The summed E-state index contributed by atoms with van der Waals surface area (Å²) in [6, 6.07) is 9.09. The third kappa shape index (κ3) is 3.21. The highest BCUT2D eigenvalue weighted by atomic mass is 79.9. The molecule has 1 N–H and O–H groups in total. The fourth-order valence-electron chi connectivity index (χ4n) is 1.96. The molecule has 18 heavy (non-hydrogen) atoms. The average molecular weight is 306 g/mol. The summed E-state index contributed by atoms with van der Waals surface area (Å²) in [7, 11) is 0. The minimum Gasteiger partial charge on any atom is -0.310 e. The van der Waals surface area contributed by atoms with Gasteiger partial charge in [0, 0.05) is 28.8 Å². The van der Waals surface area contributed by atoms with Crippen molar-refractivity contribution >= 4 is 15.9 Å². The van der Waals surface area contributed by atoms with Gasteiger partial charge in [0.05, 0.1) is 12.7 Å². The smallest absolute Gasteiger partial charge is 0.0659 e. The molecule has 0 aliphatic heterocycles. The lowest BCUT2D eigenvalue weighted by atomic mass is 10.2. The molecule has 1 aliphatic carbocycles. The van der Waals surface area contributed by atoms with E-state index in [4.69, 9.17) is 0 Å². The number of hydrogen-bond acceptors (Lipinski definition) is 2. The van der Waals surface area contributed by atoms with Crippen LogP contribution in [0.3, 0.4) is 0 Å². The lowest BCUT2D eigenvalue weighted by Gasteiger charge is -2.02. The summed E-state index contributed by atoms with van der Waals surface area (Å²) in [6.45, 7) is 1.76. The van der Waals surface area contributed by atoms with Crippen molar-refractivity contribution in [3.05, 3.63) is 52.3 Å². The van der Waals surface area contributed by atoms with Gasteiger partial charge < -0.3 is 5.32 Å². The minimum atomic E-state index is 0.749. The summed E-state index contributed by atoms with van der Waals surface area (Å²) < 4.78 is 3.11. The third-order valence-electron chi connectivity index (χ3n) is 3.09. The van der Waals surface area contributed by atoms with Crippen LogP contribution in [0.15, 0.2) is 41.1 Å². The van der Waals surface area contributed by atoms with Crippen molar-refractivity contribution in [2.45, 2.75) is 32.0 Å². The van der Waals surface area contributed by atoms with Gasteiger partial charge in [0.25, 0.3) is 0 Å². The minimum absolute atomic E-state index is 0.749. The van der Waals surface area contributed by atoms with Crippen LogP contribution in [-0.4, -0.2) is 15.8 Å². The normalized spacial score (nSPS) is 14.9. The Labute approximate surface area is 115 Å². The molecule has 0 saturated heterocycles. The lowest BCUT2D eigenvalue weighted by Crippen LogP contribution is -2.14. The maximum atomic E-state index is 4.40. The van der Waals surface area contributed by atoms with Crippen molar-refractivity contribution in [1.29, 1.82) is 0 Å². The summed E-state index contributed by atoms with van der Waals surface area (Å²) in [5.41, 5.74) is 2.52. The van der Waals surface area contributed by atoms with Crippen LogP contribution in [0, 0.1) is 0 Å². The van der Waals surface area contributed by atoms with E-state index in [1.54, 1.807) is 0 Å². The first-order valence-corrected chi connectivity index (χ1v) is 7.08. The predicted octanol–water partition coefficient (Wildman–Crippen LogP) is 2.95. The van der Waals surface area contributed by atoms with Crippen LogP contribution in [0.5, 0.6) is 0 Å². The van der Waals surface area contributed by atoms with Gasteiger partial charge in [-0.2, -0.15) is 5.10 Å². The zero-order valence-corrected chi connectivity index (χ0v) is 11.7. The number of aromatic nitrogens is 2. The molecule has 2 aromatic rings. The Morgan fingerprint density at radius 2 is 2.22 bits per heavy atom. The molecule has 94 valence electrons. The van der Waals surface area contributed by atoms with Gasteiger partial charge >= 0.3 is 0 Å². The Morgan fingerprint density at radius 3 is 3.00 bits per heavy atom. The first-order chi connectivity index (χ1) is 8.79. The van der Waals surface area contributed by atoms with E-state index in [0.717, 1.165) is 23.6 Å². The van der Waals surface area contributed by atoms with Gasteiger partial charge in [0.15, 0.2) is 0 Å². The van der Waals surface area contributed by atoms with Gasteiger partial charge in [-0.25, -0.2) is 0 Å². The van der Waals surface area contributed by atoms with E-state index in [-0.39, 0.29) is 0 Å². The molecule has 4 heteroatoms. The molecular formula is C14H16BrN3. The van der Waals surface area contributed by atoms with Crippen molar-refractivity contribution in [1.82, 2.24) is 15.1 Å². The molecule has 0 unspecified atom stereocenters. The number of benzene rings is 1. The summed E-state index contributed by atoms with van der Waals surface area (Å²) in [6.07, 6.45) is 6.72. The molecule has 1 heterocycles. The van der Waals surface area contributed by atoms with Crippen molar-refractivity contribution < 1.29 is 0 Å². The van der Waals surface area contributed by atoms with Gasteiger partial charge in [-0.1, -0.05) is 28.1 Å². The van der Waals surface area contributed by atoms with E-state index in [0.29, 0.717) is 0 Å². The zero-order chi connectivity index (χ0) is 12.4. The molecule has 1 aromatic heterocycles. The van der Waals surface area contributed by atoms with Crippen LogP contribution >= 0.6 is 15.9 Å². The largest absolute Gasteiger partial charge is 0.310 e. The Hall–Kier alpha value is -1.13. The van der Waals surface area contributed by atoms with E-state index in [9.17, 15) is 0 Å². The molecule has 1 saturated carbocycles. The standard InChI is InChI=1S/C14H16BrN3/c15-13-3-1-2-11(6-13)9-18-10-12(8-17-18)7-16-14-4-5-14/h1-3,6,8,10,14,16H,4-5,7,9H2. The van der Waals surface area contributed by atoms with E-state index >= 15 is 0 Å². The molecule has 0 bridgehead atoms. The Morgan fingerprint density at radius 1 is 1.33 bits per heavy atom. The molecule has 1 aliphatic rings. The number of halogens is 1. The first kappa shape index (κ1) is 11.9. The van der Waals surface area contributed by atoms with Gasteiger partial charge in [0.2, 0.25) is 0 Å². The van der Waals surface area contributed by atoms with Gasteiger partial charge in [-0.05, 0) is 30.5 Å². The highest BCUT2D eigenvalue weighted by Gasteiger charge is 2.20. The van der Waals surface area contributed by atoms with Crippen LogP contribution in [0.4, 0.5) is 0 Å². The maximum absolute atomic E-state index is 4.40. The molecule has 3 rings (SSSR count). The van der Waals surface area contributed by atoms with Crippen molar-refractivity contribution in [3.8, 4) is 0 Å². The molecule has 0 atom stereocenters. The molecule has 3 nitrogen and oxygen atoms in total. The van der Waals surface area contributed by atoms with E-state index in [1.165, 1.54) is 24.0 Å². The van der Waals surface area contributed by atoms with Crippen LogP contribution in [0.1, 0.15) is 24.0 Å². The van der Waals surface area contributed by atoms with Crippen LogP contribution in [-0.2, 0) is 13.1 Å². The lowest BCUT2D eigenvalue weighted by molar-refractivity contribution is 0.675. The fraction of sp³-hybridized carbons (Fsp3) is 0.357. The van der Waals surface area contributed by atoms with Crippen LogP contribution in [0.25, 0.3) is 0 Å². The summed E-state index contributed by atoms with van der Waals surface area (Å²) in [5.74, 6) is 0. The first-order valence-electron chi connectivity index (χ1n) is 6.29. The van der Waals surface area contributed by atoms with E-state index in [1.807, 2.05) is 16.9 Å². The summed E-state index contributed by atoms with van der Waals surface area (Å²) >= 11 is 3.49. The Balaban J connectivity index is 1.61. The van der Waals surface area contributed by atoms with E-state index < -0.39 is 0 Å².